The minimum Gasteiger partial charge on any atom is -0.492 e. The number of aryl methyl sites for hydroxylation is 2. The van der Waals surface area contributed by atoms with Crippen molar-refractivity contribution in [2.45, 2.75) is 6.92 Å². The van der Waals surface area contributed by atoms with E-state index in [0.717, 1.165) is 22.4 Å². The molecule has 1 heterocycles. The molecule has 6 heteroatoms. The highest BCUT2D eigenvalue weighted by molar-refractivity contribution is 6.31. The van der Waals surface area contributed by atoms with Crippen LogP contribution < -0.4 is 10.1 Å². The lowest BCUT2D eigenvalue weighted by Gasteiger charge is -2.07. The predicted molar refractivity (Wildman–Crippen MR) is 104 cm³/mol. The Labute approximate surface area is 157 Å². The molecule has 1 aromatic heterocycles. The third kappa shape index (κ3) is 4.24. The van der Waals surface area contributed by atoms with E-state index >= 15 is 0 Å². The van der Waals surface area contributed by atoms with Crippen LogP contribution in [0, 0.1) is 6.92 Å². The summed E-state index contributed by atoms with van der Waals surface area (Å²) in [5.41, 5.74) is 1.53. The van der Waals surface area contributed by atoms with Gasteiger partial charge in [0.15, 0.2) is 0 Å². The molecule has 0 aliphatic heterocycles. The number of amides is 1. The largest absolute Gasteiger partial charge is 0.492 e. The van der Waals surface area contributed by atoms with Gasteiger partial charge in [-0.1, -0.05) is 41.9 Å². The van der Waals surface area contributed by atoms with E-state index in [-0.39, 0.29) is 5.91 Å². The molecule has 0 radical (unpaired) electrons. The van der Waals surface area contributed by atoms with Gasteiger partial charge in [-0.25, -0.2) is 0 Å². The van der Waals surface area contributed by atoms with E-state index in [2.05, 4.69) is 16.5 Å². The van der Waals surface area contributed by atoms with Crippen molar-refractivity contribution in [1.29, 1.82) is 0 Å². The lowest BCUT2D eigenvalue weighted by atomic mass is 10.1. The maximum absolute atomic E-state index is 11.9. The van der Waals surface area contributed by atoms with Gasteiger partial charge in [0.2, 0.25) is 5.91 Å². The zero-order valence-corrected chi connectivity index (χ0v) is 15.5. The highest BCUT2D eigenvalue weighted by Gasteiger charge is 2.08. The molecule has 0 aliphatic rings. The minimum absolute atomic E-state index is 0.202. The van der Waals surface area contributed by atoms with Crippen LogP contribution in [0.3, 0.4) is 0 Å². The Morgan fingerprint density at radius 3 is 2.77 bits per heavy atom. The number of carbonyl (C=O) groups is 1. The first-order chi connectivity index (χ1) is 12.5. The van der Waals surface area contributed by atoms with Gasteiger partial charge in [0.25, 0.3) is 0 Å². The van der Waals surface area contributed by atoms with E-state index in [4.69, 9.17) is 16.3 Å². The van der Waals surface area contributed by atoms with Crippen molar-refractivity contribution < 1.29 is 9.53 Å². The molecule has 1 N–H and O–H groups in total. The summed E-state index contributed by atoms with van der Waals surface area (Å²) in [6.07, 6.45) is 3.12. The van der Waals surface area contributed by atoms with Crippen LogP contribution in [0.5, 0.6) is 5.75 Å². The van der Waals surface area contributed by atoms with Crippen LogP contribution in [0.1, 0.15) is 11.3 Å². The number of benzene rings is 2. The maximum Gasteiger partial charge on any atom is 0.244 e. The Hall–Kier alpha value is -2.79. The molecular formula is C20H20ClN3O2. The lowest BCUT2D eigenvalue weighted by molar-refractivity contribution is -0.116. The molecule has 134 valence electrons. The standard InChI is InChI=1S/C20H20ClN3O2/c1-14-18(20(21)24(2)23-14)9-10-19(25)22-11-12-26-17-8-7-15-5-3-4-6-16(15)13-17/h3-10,13H,11-12H2,1-2H3,(H,22,25)/b10-9-. The smallest absolute Gasteiger partial charge is 0.244 e. The molecule has 0 spiro atoms. The molecule has 0 fully saturated rings. The van der Waals surface area contributed by atoms with Crippen molar-refractivity contribution in [3.8, 4) is 5.75 Å². The summed E-state index contributed by atoms with van der Waals surface area (Å²) in [4.78, 5) is 11.9. The molecule has 1 amide bonds. The number of hydrogen-bond acceptors (Lipinski definition) is 3. The second kappa shape index (κ2) is 8.06. The van der Waals surface area contributed by atoms with E-state index in [1.807, 2.05) is 43.3 Å². The van der Waals surface area contributed by atoms with Crippen molar-refractivity contribution >= 4 is 34.4 Å². The number of rotatable bonds is 6. The number of carbonyl (C=O) groups excluding carboxylic acids is 1. The zero-order chi connectivity index (χ0) is 18.5. The Morgan fingerprint density at radius 2 is 2.04 bits per heavy atom. The fraction of sp³-hybridized carbons (Fsp3) is 0.200. The minimum atomic E-state index is -0.202. The molecule has 5 nitrogen and oxygen atoms in total. The van der Waals surface area contributed by atoms with Crippen LogP contribution in [0.2, 0.25) is 5.15 Å². The van der Waals surface area contributed by atoms with Crippen LogP contribution in [-0.4, -0.2) is 28.8 Å². The summed E-state index contributed by atoms with van der Waals surface area (Å²) in [7, 11) is 1.76. The highest BCUT2D eigenvalue weighted by atomic mass is 35.5. The number of nitrogens with one attached hydrogen (secondary N) is 1. The monoisotopic (exact) mass is 369 g/mol. The number of halogens is 1. The van der Waals surface area contributed by atoms with Crippen molar-refractivity contribution in [3.63, 3.8) is 0 Å². The van der Waals surface area contributed by atoms with Gasteiger partial charge in [-0.15, -0.1) is 0 Å². The van der Waals surface area contributed by atoms with Crippen LogP contribution in [0.15, 0.2) is 48.5 Å². The molecule has 0 atom stereocenters. The molecule has 0 unspecified atom stereocenters. The van der Waals surface area contributed by atoms with Crippen molar-refractivity contribution in [1.82, 2.24) is 15.1 Å². The Kier molecular flexibility index (Phi) is 5.58. The van der Waals surface area contributed by atoms with E-state index in [1.165, 1.54) is 11.5 Å². The van der Waals surface area contributed by atoms with Crippen molar-refractivity contribution in [3.05, 3.63) is 65.0 Å². The highest BCUT2D eigenvalue weighted by Crippen LogP contribution is 2.21. The number of fused-ring (bicyclic) bond motifs is 1. The molecule has 2 aromatic carbocycles. The SMILES string of the molecule is Cc1nn(C)c(Cl)c1/C=C\C(=O)NCCOc1ccc2ccccc2c1. The summed E-state index contributed by atoms with van der Waals surface area (Å²) in [5.74, 6) is 0.581. The summed E-state index contributed by atoms with van der Waals surface area (Å²) in [5, 5.41) is 9.79. The summed E-state index contributed by atoms with van der Waals surface area (Å²) < 4.78 is 7.27. The second-order valence-corrected chi connectivity index (χ2v) is 6.25. The van der Waals surface area contributed by atoms with Crippen molar-refractivity contribution in [2.75, 3.05) is 13.2 Å². The van der Waals surface area contributed by atoms with Crippen molar-refractivity contribution in [2.24, 2.45) is 7.05 Å². The third-order valence-corrected chi connectivity index (χ3v) is 4.44. The van der Waals surface area contributed by atoms with Gasteiger partial charge in [0, 0.05) is 18.7 Å². The third-order valence-electron chi connectivity index (χ3n) is 3.99. The number of hydrogen-bond donors (Lipinski definition) is 1. The van der Waals surface area contributed by atoms with Crippen LogP contribution in [0.25, 0.3) is 16.8 Å². The normalized spacial score (nSPS) is 11.2. The lowest BCUT2D eigenvalue weighted by Crippen LogP contribution is -2.26. The topological polar surface area (TPSA) is 56.2 Å². The van der Waals surface area contributed by atoms with E-state index in [1.54, 1.807) is 17.8 Å². The van der Waals surface area contributed by atoms with Gasteiger partial charge >= 0.3 is 0 Å². The second-order valence-electron chi connectivity index (χ2n) is 5.90. The summed E-state index contributed by atoms with van der Waals surface area (Å²) in [6.45, 7) is 2.65. The van der Waals surface area contributed by atoms with Crippen LogP contribution in [-0.2, 0) is 11.8 Å². The van der Waals surface area contributed by atoms with Gasteiger partial charge in [-0.2, -0.15) is 5.10 Å². The molecule has 3 aromatic rings. The average molecular weight is 370 g/mol. The first-order valence-corrected chi connectivity index (χ1v) is 8.69. The quantitative estimate of drug-likeness (QED) is 0.532. The average Bonchev–Trinajstić information content (AvgIpc) is 2.88. The van der Waals surface area contributed by atoms with Gasteiger partial charge in [0.1, 0.15) is 17.5 Å². The summed E-state index contributed by atoms with van der Waals surface area (Å²) >= 11 is 6.13. The first-order valence-electron chi connectivity index (χ1n) is 8.31. The Balaban J connectivity index is 1.48. The fourth-order valence-corrected chi connectivity index (χ4v) is 2.89. The zero-order valence-electron chi connectivity index (χ0n) is 14.7. The van der Waals surface area contributed by atoms with Crippen LogP contribution in [0.4, 0.5) is 0 Å². The molecule has 0 aliphatic carbocycles. The molecular weight excluding hydrogens is 350 g/mol. The fourth-order valence-electron chi connectivity index (χ4n) is 2.65. The number of nitrogens with zero attached hydrogens (tertiary/aromatic N) is 2. The molecule has 3 rings (SSSR count). The Bertz CT molecular complexity index is 963. The molecule has 0 saturated heterocycles. The predicted octanol–water partition coefficient (Wildman–Crippen LogP) is 3.74. The van der Waals surface area contributed by atoms with Crippen LogP contribution >= 0.6 is 11.6 Å². The maximum atomic E-state index is 11.9. The van der Waals surface area contributed by atoms with Gasteiger partial charge < -0.3 is 10.1 Å². The van der Waals surface area contributed by atoms with Gasteiger partial charge in [0.05, 0.1) is 12.2 Å². The first kappa shape index (κ1) is 18.0. The molecule has 26 heavy (non-hydrogen) atoms. The number of ether oxygens (including phenoxy) is 1. The van der Waals surface area contributed by atoms with E-state index in [9.17, 15) is 4.79 Å². The van der Waals surface area contributed by atoms with Gasteiger partial charge in [-0.3, -0.25) is 9.48 Å². The molecule has 0 saturated carbocycles. The Morgan fingerprint density at radius 1 is 1.27 bits per heavy atom. The van der Waals surface area contributed by atoms with E-state index in [0.29, 0.717) is 18.3 Å². The molecule has 0 bridgehead atoms. The van der Waals surface area contributed by atoms with E-state index < -0.39 is 0 Å². The summed E-state index contributed by atoms with van der Waals surface area (Å²) in [6, 6.07) is 14.0. The van der Waals surface area contributed by atoms with Gasteiger partial charge in [-0.05, 0) is 35.9 Å². The number of aromatic nitrogens is 2.